The molecule has 2 nitrogen and oxygen atoms in total. The quantitative estimate of drug-likeness (QED) is 0.444. The number of hydrogen-bond donors (Lipinski definition) is 2. The minimum atomic E-state index is 0.325. The summed E-state index contributed by atoms with van der Waals surface area (Å²) >= 11 is 4.61. The molecular formula is C6H12N2S. The van der Waals surface area contributed by atoms with Crippen LogP contribution in [0.3, 0.4) is 0 Å². The summed E-state index contributed by atoms with van der Waals surface area (Å²) in [4.78, 5) is 0.348. The van der Waals surface area contributed by atoms with Crippen LogP contribution in [0.15, 0.2) is 11.8 Å². The number of hydrogen-bond acceptors (Lipinski definition) is 2. The molecule has 0 saturated carbocycles. The van der Waals surface area contributed by atoms with E-state index in [0.717, 1.165) is 5.70 Å². The van der Waals surface area contributed by atoms with Crippen molar-refractivity contribution in [2.24, 2.45) is 17.4 Å². The first kappa shape index (κ1) is 8.43. The zero-order valence-corrected chi connectivity index (χ0v) is 6.53. The van der Waals surface area contributed by atoms with Crippen LogP contribution in [-0.4, -0.2) is 4.99 Å². The van der Waals surface area contributed by atoms with Gasteiger partial charge in [-0.25, -0.2) is 0 Å². The second-order valence-corrected chi connectivity index (χ2v) is 2.67. The Kier molecular flexibility index (Phi) is 3.24. The summed E-state index contributed by atoms with van der Waals surface area (Å²) in [5.74, 6) is 0.325. The summed E-state index contributed by atoms with van der Waals surface area (Å²) in [6, 6.07) is 0. The highest BCUT2D eigenvalue weighted by atomic mass is 32.1. The first-order valence-electron chi connectivity index (χ1n) is 2.80. The van der Waals surface area contributed by atoms with E-state index in [1.165, 1.54) is 0 Å². The highest BCUT2D eigenvalue weighted by molar-refractivity contribution is 7.80. The maximum Gasteiger partial charge on any atom is 0.0979 e. The SMILES string of the molecule is CC(C)C(N)=CC(N)=S. The minimum Gasteiger partial charge on any atom is -0.402 e. The van der Waals surface area contributed by atoms with Crippen LogP contribution in [0.4, 0.5) is 0 Å². The van der Waals surface area contributed by atoms with Gasteiger partial charge in [-0.2, -0.15) is 0 Å². The molecular weight excluding hydrogens is 132 g/mol. The fourth-order valence-corrected chi connectivity index (χ4v) is 0.467. The molecule has 0 aliphatic heterocycles. The molecule has 0 saturated heterocycles. The number of nitrogens with two attached hydrogens (primary N) is 2. The molecule has 0 fully saturated rings. The summed E-state index contributed by atoms with van der Waals surface area (Å²) in [5.41, 5.74) is 11.5. The zero-order valence-electron chi connectivity index (χ0n) is 5.72. The van der Waals surface area contributed by atoms with Crippen LogP contribution in [0.5, 0.6) is 0 Å². The number of allylic oxidation sites excluding steroid dienone is 1. The Morgan fingerprint density at radius 2 is 1.89 bits per heavy atom. The maximum atomic E-state index is 5.51. The minimum absolute atomic E-state index is 0.325. The Bertz CT molecular complexity index is 138. The van der Waals surface area contributed by atoms with Crippen LogP contribution in [0.1, 0.15) is 13.8 Å². The van der Waals surface area contributed by atoms with Crippen molar-refractivity contribution >= 4 is 17.2 Å². The van der Waals surface area contributed by atoms with E-state index in [2.05, 4.69) is 12.2 Å². The molecule has 0 heterocycles. The van der Waals surface area contributed by atoms with Gasteiger partial charge in [0.2, 0.25) is 0 Å². The molecule has 0 amide bonds. The van der Waals surface area contributed by atoms with Crippen molar-refractivity contribution in [1.29, 1.82) is 0 Å². The number of rotatable bonds is 2. The Hall–Kier alpha value is -0.570. The van der Waals surface area contributed by atoms with Gasteiger partial charge in [0.15, 0.2) is 0 Å². The maximum absolute atomic E-state index is 5.51. The molecule has 4 N–H and O–H groups in total. The topological polar surface area (TPSA) is 52.0 Å². The van der Waals surface area contributed by atoms with E-state index in [9.17, 15) is 0 Å². The molecule has 3 heteroatoms. The molecule has 0 rings (SSSR count). The summed E-state index contributed by atoms with van der Waals surface area (Å²) in [6.45, 7) is 3.98. The van der Waals surface area contributed by atoms with Gasteiger partial charge in [0.25, 0.3) is 0 Å². The first-order valence-corrected chi connectivity index (χ1v) is 3.21. The molecule has 0 aromatic carbocycles. The highest BCUT2D eigenvalue weighted by Gasteiger charge is 1.95. The largest absolute Gasteiger partial charge is 0.402 e. The predicted molar refractivity (Wildman–Crippen MR) is 43.9 cm³/mol. The van der Waals surface area contributed by atoms with Gasteiger partial charge in [0.05, 0.1) is 4.99 Å². The first-order chi connectivity index (χ1) is 4.04. The van der Waals surface area contributed by atoms with Crippen LogP contribution in [0, 0.1) is 5.92 Å². The van der Waals surface area contributed by atoms with Crippen molar-refractivity contribution in [2.45, 2.75) is 13.8 Å². The lowest BCUT2D eigenvalue weighted by Gasteiger charge is -2.02. The molecule has 0 radical (unpaired) electrons. The van der Waals surface area contributed by atoms with Gasteiger partial charge in [-0.3, -0.25) is 0 Å². The molecule has 0 aromatic rings. The van der Waals surface area contributed by atoms with E-state index in [1.807, 2.05) is 13.8 Å². The van der Waals surface area contributed by atoms with Crippen LogP contribution >= 0.6 is 12.2 Å². The summed E-state index contributed by atoms with van der Waals surface area (Å²) in [6.07, 6.45) is 1.61. The fourth-order valence-electron chi connectivity index (χ4n) is 0.331. The van der Waals surface area contributed by atoms with E-state index in [1.54, 1.807) is 6.08 Å². The lowest BCUT2D eigenvalue weighted by molar-refractivity contribution is 0.758. The van der Waals surface area contributed by atoms with Gasteiger partial charge in [0, 0.05) is 5.70 Å². The normalized spacial score (nSPS) is 12.1. The highest BCUT2D eigenvalue weighted by Crippen LogP contribution is 2.00. The third-order valence-corrected chi connectivity index (χ3v) is 1.09. The Balaban J connectivity index is 4.00. The molecule has 0 aromatic heterocycles. The summed E-state index contributed by atoms with van der Waals surface area (Å²) in [7, 11) is 0. The molecule has 0 bridgehead atoms. The van der Waals surface area contributed by atoms with Gasteiger partial charge < -0.3 is 11.5 Å². The standard InChI is InChI=1S/C6H12N2S/c1-4(2)5(7)3-6(8)9/h3-4H,7H2,1-2H3,(H2,8,9). The molecule has 0 atom stereocenters. The van der Waals surface area contributed by atoms with Gasteiger partial charge >= 0.3 is 0 Å². The van der Waals surface area contributed by atoms with Gasteiger partial charge in [-0.1, -0.05) is 26.1 Å². The van der Waals surface area contributed by atoms with Crippen molar-refractivity contribution in [3.05, 3.63) is 11.8 Å². The van der Waals surface area contributed by atoms with E-state index in [4.69, 9.17) is 11.5 Å². The summed E-state index contributed by atoms with van der Waals surface area (Å²) in [5, 5.41) is 0. The Labute approximate surface area is 60.9 Å². The monoisotopic (exact) mass is 144 g/mol. The van der Waals surface area contributed by atoms with Gasteiger partial charge in [-0.05, 0) is 12.0 Å². The second kappa shape index (κ2) is 3.45. The molecule has 0 aliphatic rings. The third kappa shape index (κ3) is 3.97. The predicted octanol–water partition coefficient (Wildman–Crippen LogP) is 0.771. The molecule has 52 valence electrons. The average molecular weight is 144 g/mol. The Morgan fingerprint density at radius 3 is 2.00 bits per heavy atom. The lowest BCUT2D eigenvalue weighted by Crippen LogP contribution is -2.11. The van der Waals surface area contributed by atoms with Crippen LogP contribution in [-0.2, 0) is 0 Å². The van der Waals surface area contributed by atoms with Crippen molar-refractivity contribution < 1.29 is 0 Å². The van der Waals surface area contributed by atoms with Crippen LogP contribution < -0.4 is 11.5 Å². The molecule has 0 unspecified atom stereocenters. The molecule has 9 heavy (non-hydrogen) atoms. The van der Waals surface area contributed by atoms with Crippen LogP contribution in [0.25, 0.3) is 0 Å². The Morgan fingerprint density at radius 1 is 1.44 bits per heavy atom. The fraction of sp³-hybridized carbons (Fsp3) is 0.500. The van der Waals surface area contributed by atoms with E-state index in [0.29, 0.717) is 10.9 Å². The third-order valence-electron chi connectivity index (χ3n) is 0.976. The van der Waals surface area contributed by atoms with E-state index >= 15 is 0 Å². The van der Waals surface area contributed by atoms with E-state index in [-0.39, 0.29) is 0 Å². The van der Waals surface area contributed by atoms with E-state index < -0.39 is 0 Å². The smallest absolute Gasteiger partial charge is 0.0979 e. The lowest BCUT2D eigenvalue weighted by atomic mass is 10.1. The molecule has 0 aliphatic carbocycles. The van der Waals surface area contributed by atoms with Crippen LogP contribution in [0.2, 0.25) is 0 Å². The van der Waals surface area contributed by atoms with Crippen molar-refractivity contribution in [1.82, 2.24) is 0 Å². The average Bonchev–Trinajstić information content (AvgIpc) is 1.63. The van der Waals surface area contributed by atoms with Crippen molar-refractivity contribution in [2.75, 3.05) is 0 Å². The zero-order chi connectivity index (χ0) is 7.44. The van der Waals surface area contributed by atoms with Crippen molar-refractivity contribution in [3.63, 3.8) is 0 Å². The number of thiocarbonyl (C=S) groups is 1. The molecule has 0 spiro atoms. The summed E-state index contributed by atoms with van der Waals surface area (Å²) < 4.78 is 0. The van der Waals surface area contributed by atoms with Gasteiger partial charge in [-0.15, -0.1) is 0 Å². The second-order valence-electron chi connectivity index (χ2n) is 2.20. The van der Waals surface area contributed by atoms with Gasteiger partial charge in [0.1, 0.15) is 0 Å². The van der Waals surface area contributed by atoms with Crippen molar-refractivity contribution in [3.8, 4) is 0 Å².